The van der Waals surface area contributed by atoms with E-state index in [1.165, 1.54) is 0 Å². The third-order valence-corrected chi connectivity index (χ3v) is 7.05. The molecule has 0 bridgehead atoms. The van der Waals surface area contributed by atoms with Crippen LogP contribution < -0.4 is 5.32 Å². The van der Waals surface area contributed by atoms with E-state index in [2.05, 4.69) is 5.32 Å². The highest BCUT2D eigenvalue weighted by Gasteiger charge is 2.24. The molecule has 4 heteroatoms. The number of hydrogen-bond donors (Lipinski definition) is 3. The van der Waals surface area contributed by atoms with E-state index >= 15 is 0 Å². The number of phenolic OH excluding ortho intramolecular Hbond substituents is 2. The van der Waals surface area contributed by atoms with Gasteiger partial charge in [0.05, 0.1) is 6.04 Å². The first-order valence-electron chi connectivity index (χ1n) is 12.7. The smallest absolute Gasteiger partial charge is 0.132 e. The molecular formula is C32H32N2O2. The molecular weight excluding hydrogens is 444 g/mol. The molecule has 1 aliphatic carbocycles. The maximum atomic E-state index is 10.9. The number of benzene rings is 4. The molecule has 0 heterocycles. The van der Waals surface area contributed by atoms with Crippen LogP contribution >= 0.6 is 0 Å². The highest BCUT2D eigenvalue weighted by atomic mass is 16.3. The molecule has 4 aromatic rings. The van der Waals surface area contributed by atoms with E-state index < -0.39 is 0 Å². The lowest BCUT2D eigenvalue weighted by atomic mass is 9.90. The summed E-state index contributed by atoms with van der Waals surface area (Å²) >= 11 is 0. The lowest BCUT2D eigenvalue weighted by molar-refractivity contribution is 0.327. The highest BCUT2D eigenvalue weighted by Crippen LogP contribution is 2.33. The minimum Gasteiger partial charge on any atom is -0.507 e. The van der Waals surface area contributed by atoms with E-state index in [0.717, 1.165) is 59.1 Å². The molecule has 5 rings (SSSR count). The molecule has 1 fully saturated rings. The van der Waals surface area contributed by atoms with Crippen molar-refractivity contribution in [2.24, 2.45) is 4.99 Å². The molecule has 0 unspecified atom stereocenters. The van der Waals surface area contributed by atoms with Crippen LogP contribution in [0.15, 0.2) is 102 Å². The Kier molecular flexibility index (Phi) is 7.44. The Morgan fingerprint density at radius 3 is 2.00 bits per heavy atom. The van der Waals surface area contributed by atoms with Crippen molar-refractivity contribution in [1.29, 1.82) is 0 Å². The number of aliphatic imine (C=N–C) groups is 1. The maximum Gasteiger partial charge on any atom is 0.132 e. The fourth-order valence-electron chi connectivity index (χ4n) is 5.05. The van der Waals surface area contributed by atoms with Crippen LogP contribution in [0, 0.1) is 0 Å². The second-order valence-electron chi connectivity index (χ2n) is 9.41. The summed E-state index contributed by atoms with van der Waals surface area (Å²) in [4.78, 5) is 4.92. The minimum absolute atomic E-state index is 0.123. The van der Waals surface area contributed by atoms with Crippen molar-refractivity contribution in [3.8, 4) is 33.8 Å². The molecule has 0 saturated heterocycles. The summed E-state index contributed by atoms with van der Waals surface area (Å²) < 4.78 is 0. The van der Waals surface area contributed by atoms with E-state index in [-0.39, 0.29) is 17.8 Å². The first-order valence-corrected chi connectivity index (χ1v) is 12.7. The summed E-state index contributed by atoms with van der Waals surface area (Å²) in [5, 5.41) is 25.5. The van der Waals surface area contributed by atoms with Crippen LogP contribution in [-0.2, 0) is 6.54 Å². The molecule has 0 aliphatic heterocycles. The van der Waals surface area contributed by atoms with E-state index in [0.29, 0.717) is 12.3 Å². The number of phenols is 2. The lowest BCUT2D eigenvalue weighted by Crippen LogP contribution is -2.40. The van der Waals surface area contributed by atoms with Crippen LogP contribution in [0.4, 0.5) is 0 Å². The van der Waals surface area contributed by atoms with Gasteiger partial charge in [-0.25, -0.2) is 0 Å². The van der Waals surface area contributed by atoms with Crippen molar-refractivity contribution >= 4 is 6.21 Å². The second-order valence-corrected chi connectivity index (χ2v) is 9.41. The molecule has 3 N–H and O–H groups in total. The molecule has 1 aliphatic rings. The van der Waals surface area contributed by atoms with Gasteiger partial charge in [0, 0.05) is 41.1 Å². The number of rotatable bonds is 7. The zero-order valence-electron chi connectivity index (χ0n) is 20.3. The zero-order chi connectivity index (χ0) is 24.7. The van der Waals surface area contributed by atoms with Gasteiger partial charge in [0.25, 0.3) is 0 Å². The SMILES string of the molecule is Oc1c(C=N[C@H]2CCCC[C@H]2NCc2cccc(-c3ccccc3)c2O)cccc1-c1ccccc1. The fraction of sp³-hybridized carbons (Fsp3) is 0.219. The average molecular weight is 477 g/mol. The molecule has 1 saturated carbocycles. The van der Waals surface area contributed by atoms with Gasteiger partial charge in [0.15, 0.2) is 0 Å². The quantitative estimate of drug-likeness (QED) is 0.253. The highest BCUT2D eigenvalue weighted by molar-refractivity contribution is 5.88. The van der Waals surface area contributed by atoms with Crippen molar-refractivity contribution in [1.82, 2.24) is 5.32 Å². The molecule has 2 atom stereocenters. The third kappa shape index (κ3) is 5.34. The van der Waals surface area contributed by atoms with Gasteiger partial charge >= 0.3 is 0 Å². The standard InChI is InChI=1S/C32H32N2O2/c35-31-25(15-9-17-27(31)23-11-3-1-4-12-23)21-33-29-19-7-8-20-30(29)34-22-26-16-10-18-28(32(26)36)24-13-5-2-6-14-24/h1-6,9-18,21,29-30,34-36H,7-8,19-20,22H2/t29-,30+/m0/s1. The Morgan fingerprint density at radius 1 is 0.694 bits per heavy atom. The summed E-state index contributed by atoms with van der Waals surface area (Å²) in [7, 11) is 0. The Labute approximate surface area is 213 Å². The van der Waals surface area contributed by atoms with E-state index in [9.17, 15) is 10.2 Å². The Hall–Kier alpha value is -3.89. The molecule has 0 radical (unpaired) electrons. The monoisotopic (exact) mass is 476 g/mol. The predicted octanol–water partition coefficient (Wildman–Crippen LogP) is 6.95. The summed E-state index contributed by atoms with van der Waals surface area (Å²) in [6.07, 6.45) is 6.17. The van der Waals surface area contributed by atoms with Crippen molar-refractivity contribution in [3.63, 3.8) is 0 Å². The van der Waals surface area contributed by atoms with Gasteiger partial charge in [-0.3, -0.25) is 4.99 Å². The van der Waals surface area contributed by atoms with Crippen LogP contribution in [0.25, 0.3) is 22.3 Å². The van der Waals surface area contributed by atoms with Gasteiger partial charge < -0.3 is 15.5 Å². The normalized spacial score (nSPS) is 17.9. The van der Waals surface area contributed by atoms with Gasteiger partial charge in [-0.1, -0.05) is 104 Å². The number of hydrogen-bond acceptors (Lipinski definition) is 4. The van der Waals surface area contributed by atoms with E-state index in [1.54, 1.807) is 0 Å². The van der Waals surface area contributed by atoms with Gasteiger partial charge in [0.1, 0.15) is 11.5 Å². The van der Waals surface area contributed by atoms with Crippen LogP contribution in [0.5, 0.6) is 11.5 Å². The van der Waals surface area contributed by atoms with E-state index in [1.807, 2.05) is 103 Å². The van der Waals surface area contributed by atoms with Crippen molar-refractivity contribution in [2.75, 3.05) is 0 Å². The van der Waals surface area contributed by atoms with E-state index in [4.69, 9.17) is 4.99 Å². The van der Waals surface area contributed by atoms with Gasteiger partial charge in [-0.2, -0.15) is 0 Å². The van der Waals surface area contributed by atoms with Gasteiger partial charge in [-0.05, 0) is 30.0 Å². The number of aromatic hydroxyl groups is 2. The number of nitrogens with one attached hydrogen (secondary N) is 1. The van der Waals surface area contributed by atoms with Crippen molar-refractivity contribution in [3.05, 3.63) is 108 Å². The number of nitrogens with zero attached hydrogens (tertiary/aromatic N) is 1. The zero-order valence-corrected chi connectivity index (χ0v) is 20.3. The Bertz CT molecular complexity index is 1320. The summed E-state index contributed by atoms with van der Waals surface area (Å²) in [5.41, 5.74) is 5.27. The molecule has 182 valence electrons. The second kappa shape index (κ2) is 11.2. The largest absolute Gasteiger partial charge is 0.507 e. The first-order chi connectivity index (χ1) is 17.7. The molecule has 0 amide bonds. The average Bonchev–Trinajstić information content (AvgIpc) is 2.93. The van der Waals surface area contributed by atoms with Crippen LogP contribution in [0.2, 0.25) is 0 Å². The molecule has 4 nitrogen and oxygen atoms in total. The topological polar surface area (TPSA) is 64.9 Å². The Morgan fingerprint density at radius 2 is 1.31 bits per heavy atom. The first kappa shape index (κ1) is 23.8. The van der Waals surface area contributed by atoms with Crippen LogP contribution in [0.1, 0.15) is 36.8 Å². The summed E-state index contributed by atoms with van der Waals surface area (Å²) in [6, 6.07) is 32.0. The third-order valence-electron chi connectivity index (χ3n) is 7.05. The molecule has 4 aromatic carbocycles. The Balaban J connectivity index is 1.30. The minimum atomic E-state index is 0.123. The maximum absolute atomic E-state index is 10.9. The summed E-state index contributed by atoms with van der Waals surface area (Å²) in [5.74, 6) is 0.588. The number of para-hydroxylation sites is 2. The lowest BCUT2D eigenvalue weighted by Gasteiger charge is -2.30. The molecule has 36 heavy (non-hydrogen) atoms. The van der Waals surface area contributed by atoms with Crippen LogP contribution in [-0.4, -0.2) is 28.5 Å². The molecule has 0 spiro atoms. The van der Waals surface area contributed by atoms with Gasteiger partial charge in [0.2, 0.25) is 0 Å². The summed E-state index contributed by atoms with van der Waals surface area (Å²) in [6.45, 7) is 0.581. The van der Waals surface area contributed by atoms with Crippen LogP contribution in [0.3, 0.4) is 0 Å². The fourth-order valence-corrected chi connectivity index (χ4v) is 5.05. The molecule has 0 aromatic heterocycles. The van der Waals surface area contributed by atoms with Crippen molar-refractivity contribution in [2.45, 2.75) is 44.3 Å². The predicted molar refractivity (Wildman–Crippen MR) is 148 cm³/mol. The van der Waals surface area contributed by atoms with Crippen molar-refractivity contribution < 1.29 is 10.2 Å². The van der Waals surface area contributed by atoms with Gasteiger partial charge in [-0.15, -0.1) is 0 Å².